The minimum atomic E-state index is -0.660. The summed E-state index contributed by atoms with van der Waals surface area (Å²) >= 11 is 0. The molecular weight excluding hydrogens is 174 g/mol. The van der Waals surface area contributed by atoms with Crippen LogP contribution in [-0.2, 0) is 0 Å². The van der Waals surface area contributed by atoms with Gasteiger partial charge in [-0.05, 0) is 26.0 Å². The molecule has 0 aliphatic carbocycles. The molecular formula is C11H11N3. The van der Waals surface area contributed by atoms with Crippen LogP contribution in [0.15, 0.2) is 24.3 Å². The van der Waals surface area contributed by atoms with Gasteiger partial charge in [0.15, 0.2) is 0 Å². The predicted octanol–water partition coefficient (Wildman–Crippen LogP) is 2.27. The van der Waals surface area contributed by atoms with Crippen LogP contribution in [0, 0.1) is 22.7 Å². The largest absolute Gasteiger partial charge is 0.367 e. The molecule has 0 radical (unpaired) electrons. The van der Waals surface area contributed by atoms with Crippen molar-refractivity contribution in [3.8, 4) is 12.1 Å². The van der Waals surface area contributed by atoms with Gasteiger partial charge in [0.05, 0.1) is 17.3 Å². The molecule has 3 nitrogen and oxygen atoms in total. The Hall–Kier alpha value is -2.00. The van der Waals surface area contributed by atoms with Gasteiger partial charge in [-0.15, -0.1) is 0 Å². The molecule has 1 N–H and O–H groups in total. The number of hydrogen-bond acceptors (Lipinski definition) is 3. The molecule has 0 amide bonds. The van der Waals surface area contributed by atoms with Crippen molar-refractivity contribution in [2.45, 2.75) is 19.4 Å². The molecule has 0 aliphatic rings. The first-order valence-electron chi connectivity index (χ1n) is 4.27. The average Bonchev–Trinajstić information content (AvgIpc) is 2.18. The van der Waals surface area contributed by atoms with Crippen LogP contribution < -0.4 is 5.32 Å². The van der Waals surface area contributed by atoms with Gasteiger partial charge >= 0.3 is 0 Å². The quantitative estimate of drug-likeness (QED) is 0.768. The van der Waals surface area contributed by atoms with Gasteiger partial charge in [-0.3, -0.25) is 0 Å². The smallest absolute Gasteiger partial charge is 0.119 e. The fourth-order valence-electron chi connectivity index (χ4n) is 1.05. The molecule has 0 fully saturated rings. The fourth-order valence-corrected chi connectivity index (χ4v) is 1.05. The summed E-state index contributed by atoms with van der Waals surface area (Å²) in [6.45, 7) is 3.53. The van der Waals surface area contributed by atoms with E-state index < -0.39 is 5.54 Å². The van der Waals surface area contributed by atoms with Crippen LogP contribution in [0.3, 0.4) is 0 Å². The van der Waals surface area contributed by atoms with E-state index >= 15 is 0 Å². The topological polar surface area (TPSA) is 59.6 Å². The number of para-hydroxylation sites is 1. The van der Waals surface area contributed by atoms with Gasteiger partial charge in [-0.25, -0.2) is 0 Å². The number of rotatable bonds is 2. The lowest BCUT2D eigenvalue weighted by molar-refractivity contribution is 0.728. The molecule has 0 aliphatic heterocycles. The zero-order chi connectivity index (χ0) is 10.6. The van der Waals surface area contributed by atoms with Gasteiger partial charge in [0.25, 0.3) is 0 Å². The zero-order valence-corrected chi connectivity index (χ0v) is 8.20. The number of nitrogens with zero attached hydrogens (tertiary/aromatic N) is 2. The van der Waals surface area contributed by atoms with Crippen molar-refractivity contribution >= 4 is 5.69 Å². The minimum absolute atomic E-state index is 0.552. The summed E-state index contributed by atoms with van der Waals surface area (Å²) < 4.78 is 0. The van der Waals surface area contributed by atoms with E-state index in [4.69, 9.17) is 10.5 Å². The highest BCUT2D eigenvalue weighted by Crippen LogP contribution is 2.18. The van der Waals surface area contributed by atoms with Gasteiger partial charge in [0.2, 0.25) is 0 Å². The maximum Gasteiger partial charge on any atom is 0.119 e. The summed E-state index contributed by atoms with van der Waals surface area (Å²) in [7, 11) is 0. The van der Waals surface area contributed by atoms with Crippen LogP contribution in [-0.4, -0.2) is 5.54 Å². The van der Waals surface area contributed by atoms with Crippen LogP contribution in [0.2, 0.25) is 0 Å². The predicted molar refractivity (Wildman–Crippen MR) is 54.5 cm³/mol. The summed E-state index contributed by atoms with van der Waals surface area (Å²) in [4.78, 5) is 0. The number of nitrogens with one attached hydrogen (secondary N) is 1. The second-order valence-electron chi connectivity index (χ2n) is 3.52. The van der Waals surface area contributed by atoms with E-state index in [1.807, 2.05) is 6.07 Å². The Morgan fingerprint density at radius 3 is 2.43 bits per heavy atom. The first kappa shape index (κ1) is 10.1. The van der Waals surface area contributed by atoms with Gasteiger partial charge in [-0.2, -0.15) is 10.5 Å². The third-order valence-corrected chi connectivity index (χ3v) is 1.77. The number of anilines is 1. The van der Waals surface area contributed by atoms with Crippen molar-refractivity contribution in [3.05, 3.63) is 29.8 Å². The zero-order valence-electron chi connectivity index (χ0n) is 8.20. The molecule has 0 atom stereocenters. The fraction of sp³-hybridized carbons (Fsp3) is 0.273. The molecule has 0 bridgehead atoms. The molecule has 0 heterocycles. The molecule has 1 aromatic carbocycles. The number of hydrogen-bond donors (Lipinski definition) is 1. The van der Waals surface area contributed by atoms with Crippen LogP contribution in [0.25, 0.3) is 0 Å². The first-order chi connectivity index (χ1) is 6.59. The van der Waals surface area contributed by atoms with Crippen LogP contribution >= 0.6 is 0 Å². The lowest BCUT2D eigenvalue weighted by Gasteiger charge is -2.19. The van der Waals surface area contributed by atoms with Gasteiger partial charge in [0, 0.05) is 0 Å². The molecule has 0 unspecified atom stereocenters. The third kappa shape index (κ3) is 2.24. The second kappa shape index (κ2) is 3.81. The summed E-state index contributed by atoms with van der Waals surface area (Å²) in [6.07, 6.45) is 0. The highest BCUT2D eigenvalue weighted by molar-refractivity contribution is 5.59. The summed E-state index contributed by atoms with van der Waals surface area (Å²) in [5.41, 5.74) is 0.588. The minimum Gasteiger partial charge on any atom is -0.367 e. The normalized spacial score (nSPS) is 10.0. The Morgan fingerprint density at radius 1 is 1.21 bits per heavy atom. The van der Waals surface area contributed by atoms with Crippen molar-refractivity contribution in [1.29, 1.82) is 10.5 Å². The molecule has 3 heteroatoms. The SMILES string of the molecule is CC(C)(C#N)Nc1ccccc1C#N. The van der Waals surface area contributed by atoms with E-state index in [1.54, 1.807) is 32.0 Å². The average molecular weight is 185 g/mol. The summed E-state index contributed by atoms with van der Waals surface area (Å²) in [5, 5.41) is 20.6. The number of benzene rings is 1. The maximum atomic E-state index is 8.82. The van der Waals surface area contributed by atoms with Crippen LogP contribution in [0.5, 0.6) is 0 Å². The third-order valence-electron chi connectivity index (χ3n) is 1.77. The Balaban J connectivity index is 3.00. The van der Waals surface area contributed by atoms with E-state index in [0.29, 0.717) is 11.3 Å². The molecule has 1 rings (SSSR count). The van der Waals surface area contributed by atoms with Crippen molar-refractivity contribution in [2.24, 2.45) is 0 Å². The Labute approximate surface area is 83.6 Å². The molecule has 1 aromatic rings. The summed E-state index contributed by atoms with van der Waals surface area (Å²) in [6, 6.07) is 11.3. The van der Waals surface area contributed by atoms with Gasteiger partial charge < -0.3 is 5.32 Å². The lowest BCUT2D eigenvalue weighted by Crippen LogP contribution is -2.28. The Kier molecular flexibility index (Phi) is 2.74. The first-order valence-corrected chi connectivity index (χ1v) is 4.27. The summed E-state index contributed by atoms with van der Waals surface area (Å²) in [5.74, 6) is 0. The Bertz CT molecular complexity index is 407. The van der Waals surface area contributed by atoms with Crippen LogP contribution in [0.4, 0.5) is 5.69 Å². The number of nitriles is 2. The monoisotopic (exact) mass is 185 g/mol. The highest BCUT2D eigenvalue weighted by atomic mass is 15.0. The van der Waals surface area contributed by atoms with Gasteiger partial charge in [-0.1, -0.05) is 12.1 Å². The molecule has 14 heavy (non-hydrogen) atoms. The molecule has 0 saturated carbocycles. The second-order valence-corrected chi connectivity index (χ2v) is 3.52. The molecule has 0 spiro atoms. The standard InChI is InChI=1S/C11H11N3/c1-11(2,8-13)14-10-6-4-3-5-9(10)7-12/h3-6,14H,1-2H3. The van der Waals surface area contributed by atoms with Crippen molar-refractivity contribution in [1.82, 2.24) is 0 Å². The van der Waals surface area contributed by atoms with E-state index in [9.17, 15) is 0 Å². The van der Waals surface area contributed by atoms with E-state index in [2.05, 4.69) is 17.5 Å². The van der Waals surface area contributed by atoms with Crippen molar-refractivity contribution < 1.29 is 0 Å². The molecule has 0 aromatic heterocycles. The van der Waals surface area contributed by atoms with Crippen LogP contribution in [0.1, 0.15) is 19.4 Å². The maximum absolute atomic E-state index is 8.82. The van der Waals surface area contributed by atoms with E-state index in [-0.39, 0.29) is 0 Å². The van der Waals surface area contributed by atoms with Crippen molar-refractivity contribution in [3.63, 3.8) is 0 Å². The van der Waals surface area contributed by atoms with E-state index in [1.165, 1.54) is 0 Å². The molecule has 70 valence electrons. The van der Waals surface area contributed by atoms with Crippen molar-refractivity contribution in [2.75, 3.05) is 5.32 Å². The Morgan fingerprint density at radius 2 is 1.86 bits per heavy atom. The van der Waals surface area contributed by atoms with E-state index in [0.717, 1.165) is 0 Å². The highest BCUT2D eigenvalue weighted by Gasteiger charge is 2.16. The van der Waals surface area contributed by atoms with Gasteiger partial charge in [0.1, 0.15) is 11.6 Å². The lowest BCUT2D eigenvalue weighted by atomic mass is 10.1. The molecule has 0 saturated heterocycles.